The van der Waals surface area contributed by atoms with Gasteiger partial charge in [-0.15, -0.1) is 0 Å². The number of pyridine rings is 1. The third-order valence-corrected chi connectivity index (χ3v) is 5.50. The molecular formula is C21H22F4N4O4. The number of rotatable bonds is 4. The SMILES string of the molecule is C[C@@H]1CC[C@H](CF)N(C)C(=O)c2c(O)c(=O)c(C(=O)NCc3c(F)cc(F)cc3F)cn2N1. The van der Waals surface area contributed by atoms with Crippen LogP contribution in [0.25, 0.3) is 0 Å². The fraction of sp³-hybridized carbons (Fsp3) is 0.381. The van der Waals surface area contributed by atoms with Crippen LogP contribution in [0.2, 0.25) is 0 Å². The molecule has 0 radical (unpaired) electrons. The zero-order valence-corrected chi connectivity index (χ0v) is 17.8. The summed E-state index contributed by atoms with van der Waals surface area (Å²) in [5.74, 6) is -6.56. The third-order valence-electron chi connectivity index (χ3n) is 5.50. The molecule has 1 aromatic carbocycles. The Balaban J connectivity index is 1.98. The van der Waals surface area contributed by atoms with Crippen LogP contribution < -0.4 is 16.2 Å². The lowest BCUT2D eigenvalue weighted by Crippen LogP contribution is -2.40. The van der Waals surface area contributed by atoms with Crippen molar-refractivity contribution >= 4 is 11.8 Å². The van der Waals surface area contributed by atoms with E-state index in [2.05, 4.69) is 10.7 Å². The average Bonchev–Trinajstić information content (AvgIpc) is 2.78. The summed E-state index contributed by atoms with van der Waals surface area (Å²) in [4.78, 5) is 39.2. The van der Waals surface area contributed by atoms with E-state index < -0.39 is 76.5 Å². The molecule has 2 atom stereocenters. The van der Waals surface area contributed by atoms with E-state index >= 15 is 0 Å². The van der Waals surface area contributed by atoms with Crippen molar-refractivity contribution < 1.29 is 32.3 Å². The minimum atomic E-state index is -1.23. The van der Waals surface area contributed by atoms with E-state index in [1.54, 1.807) is 6.92 Å². The van der Waals surface area contributed by atoms with Gasteiger partial charge in [-0.25, -0.2) is 17.6 Å². The summed E-state index contributed by atoms with van der Waals surface area (Å²) in [6.07, 6.45) is 1.72. The maximum atomic E-state index is 13.8. The predicted octanol–water partition coefficient (Wildman–Crippen LogP) is 2.04. The van der Waals surface area contributed by atoms with Gasteiger partial charge < -0.3 is 20.7 Å². The van der Waals surface area contributed by atoms with Crippen LogP contribution in [0.1, 0.15) is 46.2 Å². The molecular weight excluding hydrogens is 448 g/mol. The van der Waals surface area contributed by atoms with E-state index in [0.717, 1.165) is 15.8 Å². The first-order valence-corrected chi connectivity index (χ1v) is 10.0. The second-order valence-corrected chi connectivity index (χ2v) is 7.80. The van der Waals surface area contributed by atoms with Crippen molar-refractivity contribution in [2.24, 2.45) is 0 Å². The van der Waals surface area contributed by atoms with E-state index in [9.17, 15) is 37.1 Å². The van der Waals surface area contributed by atoms with E-state index in [1.165, 1.54) is 7.05 Å². The monoisotopic (exact) mass is 470 g/mol. The van der Waals surface area contributed by atoms with Crippen LogP contribution in [0.15, 0.2) is 23.1 Å². The van der Waals surface area contributed by atoms with Crippen LogP contribution in [0, 0.1) is 17.5 Å². The van der Waals surface area contributed by atoms with Crippen molar-refractivity contribution in [3.05, 3.63) is 62.8 Å². The van der Waals surface area contributed by atoms with Crippen LogP contribution >= 0.6 is 0 Å². The number of nitrogens with one attached hydrogen (secondary N) is 2. The maximum Gasteiger partial charge on any atom is 0.276 e. The molecule has 0 spiro atoms. The number of aromatic hydroxyl groups is 1. The number of nitrogens with zero attached hydrogens (tertiary/aromatic N) is 2. The van der Waals surface area contributed by atoms with Crippen molar-refractivity contribution in [1.29, 1.82) is 0 Å². The summed E-state index contributed by atoms with van der Waals surface area (Å²) in [6.45, 7) is 0.198. The van der Waals surface area contributed by atoms with Crippen molar-refractivity contribution in [2.75, 3.05) is 19.1 Å². The Morgan fingerprint density at radius 2 is 1.85 bits per heavy atom. The number of hydrogen-bond acceptors (Lipinski definition) is 5. The average molecular weight is 470 g/mol. The number of fused-ring (bicyclic) bond motifs is 1. The normalized spacial score (nSPS) is 18.6. The number of amides is 2. The Hall–Kier alpha value is -3.57. The number of carbonyl (C=O) groups excluding carboxylic acids is 2. The van der Waals surface area contributed by atoms with Gasteiger partial charge in [0.05, 0.1) is 6.04 Å². The molecule has 12 heteroatoms. The van der Waals surface area contributed by atoms with Crippen LogP contribution in [-0.2, 0) is 6.54 Å². The van der Waals surface area contributed by atoms with E-state index in [0.29, 0.717) is 25.0 Å². The van der Waals surface area contributed by atoms with Crippen LogP contribution in [-0.4, -0.2) is 52.3 Å². The number of aromatic nitrogens is 1. The third kappa shape index (κ3) is 4.78. The molecule has 8 nitrogen and oxygen atoms in total. The first-order chi connectivity index (χ1) is 15.5. The van der Waals surface area contributed by atoms with Gasteiger partial charge in [-0.2, -0.15) is 0 Å². The number of alkyl halides is 1. The highest BCUT2D eigenvalue weighted by molar-refractivity contribution is 5.98. The van der Waals surface area contributed by atoms with Gasteiger partial charge >= 0.3 is 0 Å². The molecule has 0 unspecified atom stereocenters. The topological polar surface area (TPSA) is 104 Å². The van der Waals surface area contributed by atoms with Crippen LogP contribution in [0.4, 0.5) is 17.6 Å². The Morgan fingerprint density at radius 1 is 1.21 bits per heavy atom. The predicted molar refractivity (Wildman–Crippen MR) is 110 cm³/mol. The van der Waals surface area contributed by atoms with Gasteiger partial charge in [0.1, 0.15) is 29.7 Å². The van der Waals surface area contributed by atoms with Gasteiger partial charge in [0.15, 0.2) is 11.4 Å². The first-order valence-electron chi connectivity index (χ1n) is 10.0. The van der Waals surface area contributed by atoms with Crippen molar-refractivity contribution in [2.45, 2.75) is 38.4 Å². The molecule has 0 aliphatic carbocycles. The minimum absolute atomic E-state index is 0.314. The smallest absolute Gasteiger partial charge is 0.276 e. The lowest BCUT2D eigenvalue weighted by Gasteiger charge is -2.25. The summed E-state index contributed by atoms with van der Waals surface area (Å²) in [7, 11) is 1.34. The van der Waals surface area contributed by atoms with E-state index in [1.807, 2.05) is 0 Å². The highest BCUT2D eigenvalue weighted by Gasteiger charge is 2.31. The number of carbonyl (C=O) groups is 2. The molecule has 2 aromatic rings. The molecule has 1 aliphatic heterocycles. The lowest BCUT2D eigenvalue weighted by atomic mass is 10.1. The molecule has 0 fully saturated rings. The quantitative estimate of drug-likeness (QED) is 0.594. The standard InChI is InChI=1S/C21H22F4N4O4/c1-10-3-4-12(7-22)28(2)21(33)17-19(31)18(30)14(9-29(17)27-10)20(32)26-8-13-15(24)5-11(23)6-16(13)25/h5-6,9-10,12,27,31H,3-4,7-8H2,1-2H3,(H,26,32)/t10-,12-/m1/s1. The van der Waals surface area contributed by atoms with Crippen LogP contribution in [0.5, 0.6) is 5.75 Å². The van der Waals surface area contributed by atoms with Gasteiger partial charge in [0, 0.05) is 43.5 Å². The van der Waals surface area contributed by atoms with E-state index in [4.69, 9.17) is 0 Å². The van der Waals surface area contributed by atoms with E-state index in [-0.39, 0.29) is 6.04 Å². The molecule has 0 saturated carbocycles. The second-order valence-electron chi connectivity index (χ2n) is 7.80. The van der Waals surface area contributed by atoms with Crippen molar-refractivity contribution in [1.82, 2.24) is 14.9 Å². The molecule has 2 amide bonds. The molecule has 1 aliphatic rings. The highest BCUT2D eigenvalue weighted by atomic mass is 19.1. The summed E-state index contributed by atoms with van der Waals surface area (Å²) in [5, 5.41) is 12.6. The number of halogens is 4. The van der Waals surface area contributed by atoms with Gasteiger partial charge in [-0.3, -0.25) is 19.1 Å². The second kappa shape index (κ2) is 9.51. The zero-order chi connectivity index (χ0) is 24.4. The zero-order valence-electron chi connectivity index (χ0n) is 17.8. The Labute approximate surface area is 185 Å². The summed E-state index contributed by atoms with van der Waals surface area (Å²) >= 11 is 0. The maximum absolute atomic E-state index is 13.8. The van der Waals surface area contributed by atoms with Gasteiger partial charge in [0.25, 0.3) is 11.8 Å². The Morgan fingerprint density at radius 3 is 2.45 bits per heavy atom. The fourth-order valence-corrected chi connectivity index (χ4v) is 3.53. The Bertz CT molecular complexity index is 1130. The van der Waals surface area contributed by atoms with Crippen LogP contribution in [0.3, 0.4) is 0 Å². The highest BCUT2D eigenvalue weighted by Crippen LogP contribution is 2.21. The molecule has 3 N–H and O–H groups in total. The summed E-state index contributed by atoms with van der Waals surface area (Å²) in [5.41, 5.74) is -0.0638. The van der Waals surface area contributed by atoms with Gasteiger partial charge in [0.2, 0.25) is 5.43 Å². The molecule has 33 heavy (non-hydrogen) atoms. The molecule has 0 bridgehead atoms. The molecule has 1 aromatic heterocycles. The lowest BCUT2D eigenvalue weighted by molar-refractivity contribution is 0.0685. The Kier molecular flexibility index (Phi) is 6.94. The first kappa shape index (κ1) is 24.1. The van der Waals surface area contributed by atoms with Gasteiger partial charge in [-0.1, -0.05) is 0 Å². The van der Waals surface area contributed by atoms with Gasteiger partial charge in [-0.05, 0) is 19.8 Å². The number of benzene rings is 1. The minimum Gasteiger partial charge on any atom is -0.502 e. The fourth-order valence-electron chi connectivity index (χ4n) is 3.53. The van der Waals surface area contributed by atoms with Crippen molar-refractivity contribution in [3.8, 4) is 5.75 Å². The number of hydrogen-bond donors (Lipinski definition) is 3. The molecule has 0 saturated heterocycles. The summed E-state index contributed by atoms with van der Waals surface area (Å²) < 4.78 is 55.1. The molecule has 2 heterocycles. The largest absolute Gasteiger partial charge is 0.502 e. The summed E-state index contributed by atoms with van der Waals surface area (Å²) in [6, 6.07) is -0.223. The molecule has 3 rings (SSSR count). The van der Waals surface area contributed by atoms with Crippen molar-refractivity contribution in [3.63, 3.8) is 0 Å². The molecule has 178 valence electrons.